The highest BCUT2D eigenvalue weighted by Crippen LogP contribution is 2.32. The molecule has 0 aliphatic heterocycles. The molecule has 0 amide bonds. The topological polar surface area (TPSA) is 63.3 Å². The van der Waals surface area contributed by atoms with Crippen molar-refractivity contribution in [3.8, 4) is 11.3 Å². The number of hydrogen-bond donors (Lipinski definition) is 1. The Morgan fingerprint density at radius 2 is 2.25 bits per heavy atom. The number of carbonyl (C=O) groups is 1. The zero-order chi connectivity index (χ0) is 11.7. The molecule has 0 saturated heterocycles. The van der Waals surface area contributed by atoms with Crippen LogP contribution in [0.25, 0.3) is 11.3 Å². The Bertz CT molecular complexity index is 548. The summed E-state index contributed by atoms with van der Waals surface area (Å²) in [6.07, 6.45) is 1.09. The predicted molar refractivity (Wildman–Crippen MR) is 58.6 cm³/mol. The molecule has 1 N–H and O–H groups in total. The average molecular weight is 238 g/mol. The van der Waals surface area contributed by atoms with E-state index in [-0.39, 0.29) is 11.5 Å². The molecule has 0 aliphatic rings. The Balaban J connectivity index is 2.63. The number of benzene rings is 1. The van der Waals surface area contributed by atoms with Gasteiger partial charge >= 0.3 is 5.97 Å². The van der Waals surface area contributed by atoms with Crippen molar-refractivity contribution in [2.24, 2.45) is 0 Å². The number of halogens is 1. The van der Waals surface area contributed by atoms with Crippen LogP contribution < -0.4 is 0 Å². The second-order valence-corrected chi connectivity index (χ2v) is 3.65. The van der Waals surface area contributed by atoms with Crippen LogP contribution in [0.2, 0.25) is 5.02 Å². The molecule has 0 unspecified atom stereocenters. The van der Waals surface area contributed by atoms with E-state index in [4.69, 9.17) is 21.1 Å². The van der Waals surface area contributed by atoms with Crippen molar-refractivity contribution in [3.05, 3.63) is 40.9 Å². The van der Waals surface area contributed by atoms with Crippen LogP contribution in [0.3, 0.4) is 0 Å². The summed E-state index contributed by atoms with van der Waals surface area (Å²) in [6, 6.07) is 5.32. The van der Waals surface area contributed by atoms with Gasteiger partial charge in [0.2, 0.25) is 0 Å². The molecule has 1 aromatic carbocycles. The normalized spacial score (nSPS) is 10.4. The Kier molecular flexibility index (Phi) is 2.66. The summed E-state index contributed by atoms with van der Waals surface area (Å²) < 4.78 is 5.07. The van der Waals surface area contributed by atoms with Crippen molar-refractivity contribution in [2.75, 3.05) is 0 Å². The third-order valence-corrected chi connectivity index (χ3v) is 2.71. The summed E-state index contributed by atoms with van der Waals surface area (Å²) in [5.41, 5.74) is 1.26. The molecule has 0 spiro atoms. The van der Waals surface area contributed by atoms with Crippen LogP contribution in [0.5, 0.6) is 0 Å². The van der Waals surface area contributed by atoms with E-state index < -0.39 is 5.97 Å². The van der Waals surface area contributed by atoms with Crippen LogP contribution in [0.1, 0.15) is 16.1 Å². The van der Waals surface area contributed by atoms with E-state index in [2.05, 4.69) is 4.98 Å². The molecule has 0 aliphatic carbocycles. The summed E-state index contributed by atoms with van der Waals surface area (Å²) in [6.45, 7) is 1.84. The molecule has 5 heteroatoms. The number of rotatable bonds is 2. The van der Waals surface area contributed by atoms with Crippen molar-refractivity contribution < 1.29 is 14.3 Å². The Hall–Kier alpha value is -1.81. The Labute approximate surface area is 96.5 Å². The predicted octanol–water partition coefficient (Wildman–Crippen LogP) is 3.00. The fourth-order valence-electron chi connectivity index (χ4n) is 1.41. The minimum absolute atomic E-state index is 0.132. The minimum Gasteiger partial charge on any atom is -0.476 e. The number of aryl methyl sites for hydroxylation is 1. The molecule has 4 nitrogen and oxygen atoms in total. The minimum atomic E-state index is -1.14. The van der Waals surface area contributed by atoms with Crippen LogP contribution in [0.4, 0.5) is 0 Å². The first-order valence-electron chi connectivity index (χ1n) is 4.53. The molecule has 2 aromatic rings. The van der Waals surface area contributed by atoms with E-state index in [1.165, 1.54) is 0 Å². The maximum atomic E-state index is 10.9. The summed E-state index contributed by atoms with van der Waals surface area (Å²) in [7, 11) is 0. The number of hydrogen-bond acceptors (Lipinski definition) is 3. The van der Waals surface area contributed by atoms with E-state index in [0.29, 0.717) is 10.6 Å². The smallest absolute Gasteiger partial charge is 0.358 e. The summed E-state index contributed by atoms with van der Waals surface area (Å²) in [4.78, 5) is 14.5. The van der Waals surface area contributed by atoms with E-state index in [0.717, 1.165) is 12.0 Å². The van der Waals surface area contributed by atoms with Gasteiger partial charge in [-0.15, -0.1) is 0 Å². The lowest BCUT2D eigenvalue weighted by Crippen LogP contribution is -1.98. The van der Waals surface area contributed by atoms with Crippen molar-refractivity contribution >= 4 is 17.6 Å². The molecular formula is C11H8ClNO3. The zero-order valence-electron chi connectivity index (χ0n) is 8.40. The Morgan fingerprint density at radius 1 is 1.50 bits per heavy atom. The second kappa shape index (κ2) is 3.98. The molecule has 82 valence electrons. The summed E-state index contributed by atoms with van der Waals surface area (Å²) in [5.74, 6) is -0.956. The van der Waals surface area contributed by atoms with E-state index in [9.17, 15) is 4.79 Å². The van der Waals surface area contributed by atoms with Gasteiger partial charge in [0.05, 0.1) is 5.02 Å². The third kappa shape index (κ3) is 1.67. The molecule has 16 heavy (non-hydrogen) atoms. The fourth-order valence-corrected chi connectivity index (χ4v) is 1.62. The van der Waals surface area contributed by atoms with Gasteiger partial charge in [-0.05, 0) is 18.6 Å². The van der Waals surface area contributed by atoms with Gasteiger partial charge in [0.15, 0.2) is 17.8 Å². The van der Waals surface area contributed by atoms with E-state index in [1.807, 2.05) is 13.0 Å². The Morgan fingerprint density at radius 3 is 2.94 bits per heavy atom. The lowest BCUT2D eigenvalue weighted by atomic mass is 10.1. The molecule has 1 aromatic heterocycles. The number of carboxylic acid groups (broad SMARTS) is 1. The van der Waals surface area contributed by atoms with Gasteiger partial charge in [-0.2, -0.15) is 0 Å². The van der Waals surface area contributed by atoms with E-state index in [1.54, 1.807) is 12.1 Å². The van der Waals surface area contributed by atoms with Gasteiger partial charge < -0.3 is 9.52 Å². The van der Waals surface area contributed by atoms with Crippen LogP contribution in [-0.2, 0) is 0 Å². The number of oxazole rings is 1. The maximum absolute atomic E-state index is 10.9. The number of carboxylic acids is 1. The SMILES string of the molecule is Cc1cccc(-c2ocnc2C(=O)O)c1Cl. The van der Waals surface area contributed by atoms with Crippen molar-refractivity contribution in [1.29, 1.82) is 0 Å². The van der Waals surface area contributed by atoms with E-state index >= 15 is 0 Å². The molecule has 0 saturated carbocycles. The third-order valence-electron chi connectivity index (χ3n) is 2.21. The number of nitrogens with zero attached hydrogens (tertiary/aromatic N) is 1. The second-order valence-electron chi connectivity index (χ2n) is 3.27. The van der Waals surface area contributed by atoms with Gasteiger partial charge in [0.25, 0.3) is 0 Å². The standard InChI is InChI=1S/C11H8ClNO3/c1-6-3-2-4-7(8(6)12)10-9(11(14)15)13-5-16-10/h2-5H,1H3,(H,14,15). The molecular weight excluding hydrogens is 230 g/mol. The molecule has 0 bridgehead atoms. The lowest BCUT2D eigenvalue weighted by Gasteiger charge is -2.03. The summed E-state index contributed by atoms with van der Waals surface area (Å²) in [5, 5.41) is 9.38. The van der Waals surface area contributed by atoms with Gasteiger partial charge in [0.1, 0.15) is 0 Å². The van der Waals surface area contributed by atoms with Crippen molar-refractivity contribution in [2.45, 2.75) is 6.92 Å². The molecule has 0 atom stereocenters. The van der Waals surface area contributed by atoms with Crippen LogP contribution >= 0.6 is 11.6 Å². The quantitative estimate of drug-likeness (QED) is 0.872. The van der Waals surface area contributed by atoms with Crippen molar-refractivity contribution in [3.63, 3.8) is 0 Å². The van der Waals surface area contributed by atoms with Crippen molar-refractivity contribution in [1.82, 2.24) is 4.98 Å². The van der Waals surface area contributed by atoms with Gasteiger partial charge in [0, 0.05) is 5.56 Å². The summed E-state index contributed by atoms with van der Waals surface area (Å²) >= 11 is 6.08. The lowest BCUT2D eigenvalue weighted by molar-refractivity contribution is 0.0691. The number of aromatic nitrogens is 1. The zero-order valence-corrected chi connectivity index (χ0v) is 9.15. The van der Waals surface area contributed by atoms with Crippen LogP contribution in [0, 0.1) is 6.92 Å². The average Bonchev–Trinajstić information content (AvgIpc) is 2.70. The number of aromatic carboxylic acids is 1. The monoisotopic (exact) mass is 237 g/mol. The highest BCUT2D eigenvalue weighted by molar-refractivity contribution is 6.34. The molecule has 0 fully saturated rings. The highest BCUT2D eigenvalue weighted by atomic mass is 35.5. The first kappa shape index (κ1) is 10.7. The fraction of sp³-hybridized carbons (Fsp3) is 0.0909. The highest BCUT2D eigenvalue weighted by Gasteiger charge is 2.19. The van der Waals surface area contributed by atoms with Crippen LogP contribution in [0.15, 0.2) is 29.0 Å². The van der Waals surface area contributed by atoms with Crippen LogP contribution in [-0.4, -0.2) is 16.1 Å². The van der Waals surface area contributed by atoms with Gasteiger partial charge in [-0.25, -0.2) is 9.78 Å². The first-order chi connectivity index (χ1) is 7.61. The molecule has 2 rings (SSSR count). The van der Waals surface area contributed by atoms with Gasteiger partial charge in [-0.1, -0.05) is 23.7 Å². The largest absolute Gasteiger partial charge is 0.476 e. The first-order valence-corrected chi connectivity index (χ1v) is 4.91. The molecule has 1 heterocycles. The molecule has 0 radical (unpaired) electrons. The maximum Gasteiger partial charge on any atom is 0.358 e. The van der Waals surface area contributed by atoms with Gasteiger partial charge in [-0.3, -0.25) is 0 Å².